The van der Waals surface area contributed by atoms with Crippen LogP contribution in [-0.4, -0.2) is 22.7 Å². The molecule has 8 heteroatoms. The number of hydrogen-bond acceptors (Lipinski definition) is 5. The van der Waals surface area contributed by atoms with Crippen LogP contribution in [0.4, 0.5) is 10.8 Å². The van der Waals surface area contributed by atoms with Crippen LogP contribution in [0.25, 0.3) is 0 Å². The van der Waals surface area contributed by atoms with Crippen molar-refractivity contribution >= 4 is 39.9 Å². The van der Waals surface area contributed by atoms with E-state index >= 15 is 0 Å². The molecule has 3 rings (SSSR count). The van der Waals surface area contributed by atoms with Crippen LogP contribution >= 0.6 is 11.3 Å². The molecule has 1 heterocycles. The molecule has 2 aromatic carbocycles. The minimum atomic E-state index is -0.620. The molecule has 0 unspecified atom stereocenters. The van der Waals surface area contributed by atoms with Crippen LogP contribution < -0.4 is 16.4 Å². The molecule has 0 spiro atoms. The molecule has 0 aliphatic heterocycles. The highest BCUT2D eigenvalue weighted by Crippen LogP contribution is 2.18. The smallest absolute Gasteiger partial charge is 0.257 e. The van der Waals surface area contributed by atoms with Gasteiger partial charge in [0.2, 0.25) is 5.91 Å². The molecule has 0 fully saturated rings. The normalized spacial score (nSPS) is 10.2. The second-order valence-electron chi connectivity index (χ2n) is 5.60. The number of nitrogens with one attached hydrogen (secondary N) is 2. The van der Waals surface area contributed by atoms with E-state index in [4.69, 9.17) is 5.73 Å². The highest BCUT2D eigenvalue weighted by molar-refractivity contribution is 7.14. The molecule has 7 nitrogen and oxygen atoms in total. The van der Waals surface area contributed by atoms with Crippen molar-refractivity contribution in [3.63, 3.8) is 0 Å². The number of carbonyl (C=O) groups excluding carboxylic acids is 3. The molecule has 0 bridgehead atoms. The number of nitrogens with two attached hydrogens (primary N) is 1. The summed E-state index contributed by atoms with van der Waals surface area (Å²) in [4.78, 5) is 40.0. The number of thiazole rings is 1. The standard InChI is InChI=1S/C19H16N4O3S/c20-17(25)14-8-4-5-9-15(14)22-16(24)10-13-11-27-19(21-13)23-18(26)12-6-2-1-3-7-12/h1-9,11H,10H2,(H2,20,25)(H,22,24)(H,21,23,26). The van der Waals surface area contributed by atoms with Gasteiger partial charge >= 0.3 is 0 Å². The predicted octanol–water partition coefficient (Wildman–Crippen LogP) is 2.68. The highest BCUT2D eigenvalue weighted by Gasteiger charge is 2.13. The number of amides is 3. The SMILES string of the molecule is NC(=O)c1ccccc1NC(=O)Cc1csc(NC(=O)c2ccccc2)n1. The summed E-state index contributed by atoms with van der Waals surface area (Å²) < 4.78 is 0. The van der Waals surface area contributed by atoms with Crippen LogP contribution in [0.1, 0.15) is 26.4 Å². The maximum Gasteiger partial charge on any atom is 0.257 e. The second kappa shape index (κ2) is 8.24. The summed E-state index contributed by atoms with van der Waals surface area (Å²) in [5, 5.41) is 7.46. The van der Waals surface area contributed by atoms with Gasteiger partial charge in [0.05, 0.1) is 23.4 Å². The van der Waals surface area contributed by atoms with E-state index in [1.54, 1.807) is 47.8 Å². The zero-order valence-corrected chi connectivity index (χ0v) is 15.0. The molecule has 0 aliphatic rings. The largest absolute Gasteiger partial charge is 0.366 e. The predicted molar refractivity (Wildman–Crippen MR) is 104 cm³/mol. The first-order valence-electron chi connectivity index (χ1n) is 8.02. The zero-order chi connectivity index (χ0) is 19.2. The van der Waals surface area contributed by atoms with Gasteiger partial charge in [0.15, 0.2) is 5.13 Å². The van der Waals surface area contributed by atoms with Crippen molar-refractivity contribution < 1.29 is 14.4 Å². The van der Waals surface area contributed by atoms with Gasteiger partial charge in [-0.25, -0.2) is 4.98 Å². The fourth-order valence-electron chi connectivity index (χ4n) is 2.37. The van der Waals surface area contributed by atoms with E-state index < -0.39 is 5.91 Å². The lowest BCUT2D eigenvalue weighted by Gasteiger charge is -2.07. The fourth-order valence-corrected chi connectivity index (χ4v) is 3.08. The van der Waals surface area contributed by atoms with Crippen LogP contribution in [0.3, 0.4) is 0 Å². The minimum absolute atomic E-state index is 0.00477. The topological polar surface area (TPSA) is 114 Å². The van der Waals surface area contributed by atoms with E-state index in [0.717, 1.165) is 0 Å². The average Bonchev–Trinajstić information content (AvgIpc) is 3.09. The van der Waals surface area contributed by atoms with E-state index in [1.807, 2.05) is 6.07 Å². The molecule has 1 aromatic heterocycles. The first-order chi connectivity index (χ1) is 13.0. The van der Waals surface area contributed by atoms with E-state index in [1.165, 1.54) is 17.4 Å². The second-order valence-corrected chi connectivity index (χ2v) is 6.46. The molecule has 136 valence electrons. The number of primary amides is 1. The Kier molecular flexibility index (Phi) is 5.58. The first kappa shape index (κ1) is 18.3. The van der Waals surface area contributed by atoms with Crippen molar-refractivity contribution in [1.82, 2.24) is 4.98 Å². The van der Waals surface area contributed by atoms with Crippen LogP contribution in [-0.2, 0) is 11.2 Å². The molecule has 3 amide bonds. The number of aromatic nitrogens is 1. The zero-order valence-electron chi connectivity index (χ0n) is 14.1. The van der Waals surface area contributed by atoms with Gasteiger partial charge in [-0.05, 0) is 24.3 Å². The van der Waals surface area contributed by atoms with Crippen molar-refractivity contribution in [2.75, 3.05) is 10.6 Å². The molecule has 27 heavy (non-hydrogen) atoms. The Hall–Kier alpha value is -3.52. The van der Waals surface area contributed by atoms with Gasteiger partial charge in [-0.3, -0.25) is 19.7 Å². The number of carbonyl (C=O) groups is 3. The molecular weight excluding hydrogens is 364 g/mol. The van der Waals surface area contributed by atoms with Crippen molar-refractivity contribution in [3.05, 3.63) is 76.8 Å². The maximum absolute atomic E-state index is 12.2. The Morgan fingerprint density at radius 2 is 1.67 bits per heavy atom. The molecule has 0 aliphatic carbocycles. The van der Waals surface area contributed by atoms with E-state index in [9.17, 15) is 14.4 Å². The van der Waals surface area contributed by atoms with Gasteiger partial charge in [-0.2, -0.15) is 0 Å². The fraction of sp³-hybridized carbons (Fsp3) is 0.0526. The average molecular weight is 380 g/mol. The summed E-state index contributed by atoms with van der Waals surface area (Å²) in [7, 11) is 0. The van der Waals surface area contributed by atoms with Gasteiger partial charge in [0.25, 0.3) is 11.8 Å². The molecule has 0 saturated heterocycles. The molecule has 0 atom stereocenters. The Morgan fingerprint density at radius 3 is 2.41 bits per heavy atom. The van der Waals surface area contributed by atoms with Crippen LogP contribution in [0.15, 0.2) is 60.0 Å². The monoisotopic (exact) mass is 380 g/mol. The highest BCUT2D eigenvalue weighted by atomic mass is 32.1. The van der Waals surface area contributed by atoms with Crippen molar-refractivity contribution in [1.29, 1.82) is 0 Å². The van der Waals surface area contributed by atoms with E-state index in [0.29, 0.717) is 22.1 Å². The number of anilines is 2. The number of para-hydroxylation sites is 1. The third-order valence-electron chi connectivity index (χ3n) is 3.62. The number of nitrogens with zero attached hydrogens (tertiary/aromatic N) is 1. The van der Waals surface area contributed by atoms with Crippen molar-refractivity contribution in [3.8, 4) is 0 Å². The summed E-state index contributed by atoms with van der Waals surface area (Å²) >= 11 is 1.23. The van der Waals surface area contributed by atoms with Gasteiger partial charge < -0.3 is 11.1 Å². The minimum Gasteiger partial charge on any atom is -0.366 e. The lowest BCUT2D eigenvalue weighted by atomic mass is 10.1. The van der Waals surface area contributed by atoms with Crippen molar-refractivity contribution in [2.45, 2.75) is 6.42 Å². The number of hydrogen-bond donors (Lipinski definition) is 3. The quantitative estimate of drug-likeness (QED) is 0.610. The Balaban J connectivity index is 1.62. The Bertz CT molecular complexity index is 985. The Labute approximate surface area is 159 Å². The molecule has 3 aromatic rings. The Morgan fingerprint density at radius 1 is 0.963 bits per heavy atom. The van der Waals surface area contributed by atoms with Gasteiger partial charge in [0, 0.05) is 10.9 Å². The lowest BCUT2D eigenvalue weighted by molar-refractivity contribution is -0.115. The van der Waals surface area contributed by atoms with Gasteiger partial charge in [-0.15, -0.1) is 11.3 Å². The maximum atomic E-state index is 12.2. The lowest BCUT2D eigenvalue weighted by Crippen LogP contribution is -2.19. The van der Waals surface area contributed by atoms with Gasteiger partial charge in [0.1, 0.15) is 0 Å². The van der Waals surface area contributed by atoms with Gasteiger partial charge in [-0.1, -0.05) is 30.3 Å². The third-order valence-corrected chi connectivity index (χ3v) is 4.42. The summed E-state index contributed by atoms with van der Waals surface area (Å²) in [5.74, 6) is -1.23. The summed E-state index contributed by atoms with van der Waals surface area (Å²) in [6.07, 6.45) is 0.00477. The van der Waals surface area contributed by atoms with E-state index in [2.05, 4.69) is 15.6 Å². The molecular formula is C19H16N4O3S. The molecule has 4 N–H and O–H groups in total. The third kappa shape index (κ3) is 4.77. The van der Waals surface area contributed by atoms with Crippen LogP contribution in [0.5, 0.6) is 0 Å². The summed E-state index contributed by atoms with van der Waals surface area (Å²) in [6, 6.07) is 15.3. The van der Waals surface area contributed by atoms with Crippen LogP contribution in [0.2, 0.25) is 0 Å². The van der Waals surface area contributed by atoms with Crippen LogP contribution in [0, 0.1) is 0 Å². The number of benzene rings is 2. The molecule has 0 radical (unpaired) electrons. The molecule has 0 saturated carbocycles. The summed E-state index contributed by atoms with van der Waals surface area (Å²) in [6.45, 7) is 0. The first-order valence-corrected chi connectivity index (χ1v) is 8.90. The number of rotatable bonds is 6. The van der Waals surface area contributed by atoms with Crippen molar-refractivity contribution in [2.24, 2.45) is 5.73 Å². The van der Waals surface area contributed by atoms with E-state index in [-0.39, 0.29) is 23.8 Å². The summed E-state index contributed by atoms with van der Waals surface area (Å²) in [5.41, 5.74) is 6.92.